The maximum absolute atomic E-state index is 11.9. The van der Waals surface area contributed by atoms with Crippen molar-refractivity contribution in [1.29, 1.82) is 0 Å². The van der Waals surface area contributed by atoms with Crippen LogP contribution < -0.4 is 11.2 Å². The van der Waals surface area contributed by atoms with Crippen LogP contribution in [-0.4, -0.2) is 82.6 Å². The molecule has 6 N–H and O–H groups in total. The molecular weight excluding hydrogens is 488 g/mol. The van der Waals surface area contributed by atoms with E-state index in [0.717, 1.165) is 4.57 Å². The van der Waals surface area contributed by atoms with E-state index < -0.39 is 59.8 Å². The van der Waals surface area contributed by atoms with E-state index in [1.54, 1.807) is 0 Å². The molecule has 2 heterocycles. The van der Waals surface area contributed by atoms with Crippen molar-refractivity contribution in [1.82, 2.24) is 9.55 Å². The Morgan fingerprint density at radius 1 is 1.17 bits per heavy atom. The van der Waals surface area contributed by atoms with Crippen molar-refractivity contribution in [3.63, 3.8) is 0 Å². The fraction of sp³-hybridized carbons (Fsp3) is 0.600. The van der Waals surface area contributed by atoms with E-state index in [0.29, 0.717) is 0 Å². The van der Waals surface area contributed by atoms with Gasteiger partial charge in [-0.2, -0.15) is 8.62 Å². The molecule has 5 atom stereocenters. The van der Waals surface area contributed by atoms with Crippen LogP contribution in [0.1, 0.15) is 18.2 Å². The Bertz CT molecular complexity index is 1020. The monoisotopic (exact) mass is 506 g/mol. The summed E-state index contributed by atoms with van der Waals surface area (Å²) < 4.78 is 51.3. The molecule has 1 aromatic heterocycles. The summed E-state index contributed by atoms with van der Waals surface area (Å²) in [5, 5.41) is 9.98. The molecule has 0 bridgehead atoms. The zero-order chi connectivity index (χ0) is 22.2. The van der Waals surface area contributed by atoms with Gasteiger partial charge >= 0.3 is 58.7 Å². The Kier molecular flexibility index (Phi) is 9.63. The van der Waals surface area contributed by atoms with E-state index in [1.807, 2.05) is 4.98 Å². The van der Waals surface area contributed by atoms with Crippen molar-refractivity contribution in [2.75, 3.05) is 6.61 Å². The van der Waals surface area contributed by atoms with Crippen LogP contribution in [0.5, 0.6) is 0 Å². The number of aliphatic hydroxyl groups is 1. The molecule has 30 heavy (non-hydrogen) atoms. The molecule has 2 rings (SSSR count). The Hall–Kier alpha value is 0.01000. The molecule has 20 heteroatoms. The zero-order valence-electron chi connectivity index (χ0n) is 14.4. The average Bonchev–Trinajstić information content (AvgIpc) is 2.86. The van der Waals surface area contributed by atoms with Crippen LogP contribution in [0.3, 0.4) is 0 Å². The molecule has 0 spiro atoms. The Morgan fingerprint density at radius 3 is 2.33 bits per heavy atom. The standard InChI is InChI=1S/C10H17N2O14P3.Na.H/c1-5-3-12(10(15)11-9(5)14)8-2-6(13)7(24-8)4-23-28(19,20)26-29(21,22)25-27(16,17)18;;/h3,6-8,13H,2,4H2,1H3,(H,19,20)(H,21,22)(H,11,14,15)(H2,16,17,18);;/t6-,7+,8+;;/m0../s1. The summed E-state index contributed by atoms with van der Waals surface area (Å²) in [6, 6.07) is 0. The van der Waals surface area contributed by atoms with Crippen molar-refractivity contribution >= 4 is 53.0 Å². The van der Waals surface area contributed by atoms with Gasteiger partial charge in [-0.15, -0.1) is 0 Å². The number of nitrogens with zero attached hydrogens (tertiary/aromatic N) is 1. The van der Waals surface area contributed by atoms with Crippen molar-refractivity contribution in [3.8, 4) is 0 Å². The van der Waals surface area contributed by atoms with Gasteiger partial charge in [0.25, 0.3) is 5.56 Å². The number of rotatable bonds is 8. The van der Waals surface area contributed by atoms with E-state index in [-0.39, 0.29) is 41.5 Å². The van der Waals surface area contributed by atoms with E-state index in [2.05, 4.69) is 13.1 Å². The number of ether oxygens (including phenoxy) is 1. The van der Waals surface area contributed by atoms with Gasteiger partial charge < -0.3 is 29.4 Å². The first-order chi connectivity index (χ1) is 13.1. The minimum atomic E-state index is -5.67. The zero-order valence-corrected chi connectivity index (χ0v) is 17.1. The van der Waals surface area contributed by atoms with Gasteiger partial charge in [0.1, 0.15) is 12.3 Å². The van der Waals surface area contributed by atoms with Crippen molar-refractivity contribution in [2.24, 2.45) is 0 Å². The molecule has 1 saturated heterocycles. The normalized spacial score (nSPS) is 25.9. The second kappa shape index (κ2) is 10.3. The molecule has 0 aromatic carbocycles. The minimum absolute atomic E-state index is 0. The topological polar surface area (TPSA) is 244 Å². The number of aliphatic hydroxyl groups excluding tert-OH is 1. The number of aromatic nitrogens is 2. The number of phosphoric acid groups is 3. The summed E-state index contributed by atoms with van der Waals surface area (Å²) in [6.45, 7) is 0.547. The average molecular weight is 506 g/mol. The van der Waals surface area contributed by atoms with Crippen molar-refractivity contribution in [2.45, 2.75) is 31.8 Å². The van der Waals surface area contributed by atoms with Crippen molar-refractivity contribution in [3.05, 3.63) is 32.6 Å². The van der Waals surface area contributed by atoms with Gasteiger partial charge in [-0.05, 0) is 6.92 Å². The number of aryl methyl sites for hydroxylation is 1. The number of hydrogen-bond donors (Lipinski definition) is 6. The third-order valence-corrected chi connectivity index (χ3v) is 7.28. The molecule has 0 radical (unpaired) electrons. The summed E-state index contributed by atoms with van der Waals surface area (Å²) in [5.74, 6) is 0. The predicted molar refractivity (Wildman–Crippen MR) is 97.6 cm³/mol. The predicted octanol–water partition coefficient (Wildman–Crippen LogP) is -1.81. The number of nitrogens with one attached hydrogen (secondary N) is 1. The Labute approximate surface area is 189 Å². The first-order valence-corrected chi connectivity index (χ1v) is 12.0. The van der Waals surface area contributed by atoms with E-state index in [9.17, 15) is 33.3 Å². The molecule has 0 saturated carbocycles. The first-order valence-electron chi connectivity index (χ1n) is 7.52. The van der Waals surface area contributed by atoms with Crippen LogP contribution in [0.4, 0.5) is 0 Å². The van der Waals surface area contributed by atoms with Crippen LogP contribution in [0.15, 0.2) is 15.8 Å². The van der Waals surface area contributed by atoms with Crippen LogP contribution >= 0.6 is 23.5 Å². The summed E-state index contributed by atoms with van der Waals surface area (Å²) in [7, 11) is -16.6. The SMILES string of the molecule is Cc1cn([C@H]2C[C@H](O)[C@@H](COP(=O)(O)OP(=O)(O)OP(=O)(O)O)O2)c(=O)[nH]c1=O.[NaH]. The number of aromatic amines is 1. The molecule has 0 aliphatic carbocycles. The molecule has 0 amide bonds. The Morgan fingerprint density at radius 2 is 1.77 bits per heavy atom. The van der Waals surface area contributed by atoms with E-state index >= 15 is 0 Å². The molecule has 2 unspecified atom stereocenters. The van der Waals surface area contributed by atoms with Gasteiger partial charge in [-0.3, -0.25) is 18.9 Å². The maximum atomic E-state index is 11.9. The molecule has 16 nitrogen and oxygen atoms in total. The van der Waals surface area contributed by atoms with E-state index in [4.69, 9.17) is 19.4 Å². The Balaban J connectivity index is 0.00000450. The van der Waals surface area contributed by atoms with Gasteiger partial charge in [0.15, 0.2) is 0 Å². The van der Waals surface area contributed by atoms with E-state index in [1.165, 1.54) is 13.1 Å². The third-order valence-electron chi connectivity index (χ3n) is 3.48. The molecule has 1 aliphatic heterocycles. The fourth-order valence-corrected chi connectivity index (χ4v) is 5.34. The van der Waals surface area contributed by atoms with Crippen LogP contribution in [0.25, 0.3) is 0 Å². The van der Waals surface area contributed by atoms with Gasteiger partial charge in [0.2, 0.25) is 0 Å². The van der Waals surface area contributed by atoms with Crippen molar-refractivity contribution < 1.29 is 56.3 Å². The molecular formula is C10H18N2NaO14P3. The van der Waals surface area contributed by atoms with Gasteiger partial charge in [-0.25, -0.2) is 18.5 Å². The molecule has 1 aromatic rings. The third kappa shape index (κ3) is 8.17. The van der Waals surface area contributed by atoms with Gasteiger partial charge in [0.05, 0.1) is 12.7 Å². The summed E-state index contributed by atoms with van der Waals surface area (Å²) in [6.07, 6.45) is -2.67. The number of hydrogen-bond acceptors (Lipinski definition) is 10. The number of phosphoric ester groups is 1. The quantitative estimate of drug-likeness (QED) is 0.168. The van der Waals surface area contributed by atoms with Crippen LogP contribution in [0.2, 0.25) is 0 Å². The molecule has 1 aliphatic rings. The van der Waals surface area contributed by atoms with Gasteiger partial charge in [-0.1, -0.05) is 0 Å². The molecule has 1 fully saturated rings. The second-order valence-corrected chi connectivity index (χ2v) is 10.2. The fourth-order valence-electron chi connectivity index (χ4n) is 2.31. The number of H-pyrrole nitrogens is 1. The first kappa shape index (κ1) is 28.0. The molecule has 168 valence electrons. The summed E-state index contributed by atoms with van der Waals surface area (Å²) in [4.78, 5) is 60.6. The summed E-state index contributed by atoms with van der Waals surface area (Å²) >= 11 is 0. The van der Waals surface area contributed by atoms with Gasteiger partial charge in [0, 0.05) is 18.2 Å². The van der Waals surface area contributed by atoms with Crippen LogP contribution in [-0.2, 0) is 31.6 Å². The summed E-state index contributed by atoms with van der Waals surface area (Å²) in [5.41, 5.74) is -1.26. The second-order valence-electron chi connectivity index (χ2n) is 5.80. The van der Waals surface area contributed by atoms with Crippen LogP contribution in [0, 0.1) is 6.92 Å².